The highest BCUT2D eigenvalue weighted by Gasteiger charge is 2.35. The molecule has 1 N–H and O–H groups in total. The van der Waals surface area contributed by atoms with E-state index >= 15 is 0 Å². The molecule has 45 heavy (non-hydrogen) atoms. The number of halogens is 2. The van der Waals surface area contributed by atoms with Crippen LogP contribution in [0.15, 0.2) is 108 Å². The minimum atomic E-state index is -4.24. The van der Waals surface area contributed by atoms with Gasteiger partial charge in [-0.1, -0.05) is 109 Å². The van der Waals surface area contributed by atoms with Gasteiger partial charge in [-0.3, -0.25) is 13.9 Å². The fourth-order valence-electron chi connectivity index (χ4n) is 4.85. The third kappa shape index (κ3) is 9.10. The quantitative estimate of drug-likeness (QED) is 0.146. The molecule has 0 aliphatic carbocycles. The van der Waals surface area contributed by atoms with Crippen LogP contribution in [-0.4, -0.2) is 44.3 Å². The molecule has 0 aromatic heterocycles. The van der Waals surface area contributed by atoms with E-state index in [4.69, 9.17) is 23.2 Å². The highest BCUT2D eigenvalue weighted by Crippen LogP contribution is 2.31. The van der Waals surface area contributed by atoms with Crippen molar-refractivity contribution in [3.05, 3.63) is 130 Å². The first-order valence-electron chi connectivity index (χ1n) is 14.8. The predicted molar refractivity (Wildman–Crippen MR) is 181 cm³/mol. The summed E-state index contributed by atoms with van der Waals surface area (Å²) < 4.78 is 29.3. The monoisotopic (exact) mass is 665 g/mol. The van der Waals surface area contributed by atoms with Crippen molar-refractivity contribution in [2.24, 2.45) is 0 Å². The number of carbonyl (C=O) groups excluding carboxylic acids is 2. The molecular weight excluding hydrogens is 629 g/mol. The Morgan fingerprint density at radius 3 is 2.11 bits per heavy atom. The Hall–Kier alpha value is -3.85. The normalized spacial score (nSPS) is 11.9. The first-order valence-corrected chi connectivity index (χ1v) is 17.0. The maximum atomic E-state index is 14.5. The number of nitrogens with zero attached hydrogens (tertiary/aromatic N) is 2. The fraction of sp³-hybridized carbons (Fsp3) is 0.257. The molecule has 0 aliphatic heterocycles. The zero-order chi connectivity index (χ0) is 32.4. The van der Waals surface area contributed by atoms with Crippen LogP contribution in [-0.2, 0) is 32.6 Å². The lowest BCUT2D eigenvalue weighted by Crippen LogP contribution is -2.53. The Balaban J connectivity index is 1.79. The van der Waals surface area contributed by atoms with Crippen LogP contribution in [0.5, 0.6) is 0 Å². The molecule has 1 atom stereocenters. The van der Waals surface area contributed by atoms with Crippen molar-refractivity contribution in [3.8, 4) is 0 Å². The van der Waals surface area contributed by atoms with E-state index in [0.29, 0.717) is 11.6 Å². The van der Waals surface area contributed by atoms with Gasteiger partial charge in [0.1, 0.15) is 12.6 Å². The molecule has 7 nitrogen and oxygen atoms in total. The predicted octanol–water partition coefficient (Wildman–Crippen LogP) is 7.05. The third-order valence-corrected chi connectivity index (χ3v) is 9.72. The number of hydrogen-bond donors (Lipinski definition) is 1. The van der Waals surface area contributed by atoms with E-state index in [1.807, 2.05) is 44.2 Å². The van der Waals surface area contributed by atoms with Crippen LogP contribution in [0.2, 0.25) is 10.0 Å². The highest BCUT2D eigenvalue weighted by molar-refractivity contribution is 7.92. The largest absolute Gasteiger partial charge is 0.354 e. The van der Waals surface area contributed by atoms with E-state index in [1.165, 1.54) is 17.0 Å². The number of rotatable bonds is 14. The molecule has 0 fully saturated rings. The first-order chi connectivity index (χ1) is 21.6. The van der Waals surface area contributed by atoms with Gasteiger partial charge in [-0.25, -0.2) is 8.42 Å². The smallest absolute Gasteiger partial charge is 0.264 e. The minimum absolute atomic E-state index is 0.0169. The van der Waals surface area contributed by atoms with Gasteiger partial charge in [0, 0.05) is 24.5 Å². The maximum absolute atomic E-state index is 14.5. The Morgan fingerprint density at radius 2 is 1.47 bits per heavy atom. The average molecular weight is 667 g/mol. The van der Waals surface area contributed by atoms with E-state index in [0.717, 1.165) is 33.8 Å². The molecule has 0 saturated heterocycles. The molecular formula is C35H37Cl2N3O4S. The summed E-state index contributed by atoms with van der Waals surface area (Å²) in [5.74, 6) is -0.882. The number of anilines is 1. The molecule has 0 bridgehead atoms. The second-order valence-electron chi connectivity index (χ2n) is 10.8. The van der Waals surface area contributed by atoms with Crippen LogP contribution in [0.25, 0.3) is 0 Å². The number of aryl methyl sites for hydroxylation is 1. The maximum Gasteiger partial charge on any atom is 0.264 e. The number of sulfonamides is 1. The van der Waals surface area contributed by atoms with E-state index in [-0.39, 0.29) is 34.5 Å². The summed E-state index contributed by atoms with van der Waals surface area (Å²) in [4.78, 5) is 29.7. The standard InChI is InChI=1S/C35H37Cl2N3O4S/c1-3-4-22-38-35(42)33(23-27-10-6-5-7-11-27)39(24-28-16-18-29(36)19-17-28)34(41)25-40(32-13-9-8-12-31(32)37)45(43,44)30-20-14-26(2)15-21-30/h5-21,33H,3-4,22-25H2,1-2H3,(H,38,42)/t33-/m1/s1. The van der Waals surface area contributed by atoms with Gasteiger partial charge in [0.25, 0.3) is 10.0 Å². The summed E-state index contributed by atoms with van der Waals surface area (Å²) in [6, 6.07) is 28.4. The van der Waals surface area contributed by atoms with Crippen LogP contribution in [0, 0.1) is 6.92 Å². The third-order valence-electron chi connectivity index (χ3n) is 7.38. The van der Waals surface area contributed by atoms with Crippen molar-refractivity contribution in [2.45, 2.75) is 50.6 Å². The number of nitrogens with one attached hydrogen (secondary N) is 1. The second-order valence-corrected chi connectivity index (χ2v) is 13.5. The molecule has 4 aromatic rings. The van der Waals surface area contributed by atoms with Crippen molar-refractivity contribution in [1.29, 1.82) is 0 Å². The van der Waals surface area contributed by atoms with Crippen LogP contribution in [0.4, 0.5) is 5.69 Å². The lowest BCUT2D eigenvalue weighted by molar-refractivity contribution is -0.140. The lowest BCUT2D eigenvalue weighted by atomic mass is 10.0. The summed E-state index contributed by atoms with van der Waals surface area (Å²) in [5.41, 5.74) is 2.64. The Labute approximate surface area is 275 Å². The Bertz CT molecular complexity index is 1680. The molecule has 2 amide bonds. The number of benzene rings is 4. The number of hydrogen-bond acceptors (Lipinski definition) is 4. The van der Waals surface area contributed by atoms with Gasteiger partial charge in [0.2, 0.25) is 11.8 Å². The van der Waals surface area contributed by atoms with Crippen molar-refractivity contribution >= 4 is 50.7 Å². The van der Waals surface area contributed by atoms with E-state index < -0.39 is 28.5 Å². The second kappa shape index (κ2) is 15.9. The van der Waals surface area contributed by atoms with Crippen molar-refractivity contribution < 1.29 is 18.0 Å². The van der Waals surface area contributed by atoms with Crippen molar-refractivity contribution in [2.75, 3.05) is 17.4 Å². The van der Waals surface area contributed by atoms with Crippen LogP contribution < -0.4 is 9.62 Å². The number of amides is 2. The molecule has 0 spiro atoms. The fourth-order valence-corrected chi connectivity index (χ4v) is 6.70. The molecule has 10 heteroatoms. The summed E-state index contributed by atoms with van der Waals surface area (Å²) in [6.45, 7) is 3.81. The van der Waals surface area contributed by atoms with Gasteiger partial charge in [0.15, 0.2) is 0 Å². The Morgan fingerprint density at radius 1 is 0.822 bits per heavy atom. The molecule has 0 heterocycles. The topological polar surface area (TPSA) is 86.8 Å². The number of carbonyl (C=O) groups is 2. The molecule has 0 aliphatic rings. The zero-order valence-corrected chi connectivity index (χ0v) is 27.7. The summed E-state index contributed by atoms with van der Waals surface area (Å²) in [6.07, 6.45) is 1.90. The summed E-state index contributed by atoms with van der Waals surface area (Å²) >= 11 is 12.7. The van der Waals surface area contributed by atoms with E-state index in [2.05, 4.69) is 5.32 Å². The minimum Gasteiger partial charge on any atom is -0.354 e. The van der Waals surface area contributed by atoms with Gasteiger partial charge < -0.3 is 10.2 Å². The number of unbranched alkanes of at least 4 members (excludes halogenated alkanes) is 1. The van der Waals surface area contributed by atoms with Gasteiger partial charge in [-0.2, -0.15) is 0 Å². The highest BCUT2D eigenvalue weighted by atomic mass is 35.5. The number of para-hydroxylation sites is 1. The van der Waals surface area contributed by atoms with Crippen LogP contribution in [0.1, 0.15) is 36.5 Å². The zero-order valence-electron chi connectivity index (χ0n) is 25.3. The van der Waals surface area contributed by atoms with Gasteiger partial charge in [-0.05, 0) is 60.9 Å². The van der Waals surface area contributed by atoms with Crippen LogP contribution >= 0.6 is 23.2 Å². The van der Waals surface area contributed by atoms with Crippen molar-refractivity contribution in [1.82, 2.24) is 10.2 Å². The first kappa shape index (κ1) is 34.0. The molecule has 236 valence electrons. The molecule has 4 aromatic carbocycles. The lowest BCUT2D eigenvalue weighted by Gasteiger charge is -2.34. The van der Waals surface area contributed by atoms with Gasteiger partial charge in [-0.15, -0.1) is 0 Å². The summed E-state index contributed by atoms with van der Waals surface area (Å²) in [7, 11) is -4.24. The molecule has 0 saturated carbocycles. The average Bonchev–Trinajstić information content (AvgIpc) is 3.03. The SMILES string of the molecule is CCCCNC(=O)[C@@H](Cc1ccccc1)N(Cc1ccc(Cl)cc1)C(=O)CN(c1ccccc1Cl)S(=O)(=O)c1ccc(C)cc1. The van der Waals surface area contributed by atoms with E-state index in [1.54, 1.807) is 60.7 Å². The molecule has 0 unspecified atom stereocenters. The summed E-state index contributed by atoms with van der Waals surface area (Å²) in [5, 5.41) is 3.68. The molecule has 4 rings (SSSR count). The van der Waals surface area contributed by atoms with E-state index in [9.17, 15) is 18.0 Å². The van der Waals surface area contributed by atoms with Gasteiger partial charge in [0.05, 0.1) is 15.6 Å². The molecule has 0 radical (unpaired) electrons. The Kier molecular flexibility index (Phi) is 12.0. The van der Waals surface area contributed by atoms with Crippen molar-refractivity contribution in [3.63, 3.8) is 0 Å². The van der Waals surface area contributed by atoms with Gasteiger partial charge >= 0.3 is 0 Å². The van der Waals surface area contributed by atoms with Crippen LogP contribution in [0.3, 0.4) is 0 Å².